The Morgan fingerprint density at radius 3 is 2.79 bits per heavy atom. The number of nitrogens with two attached hydrogens (primary N) is 1. The Morgan fingerprint density at radius 1 is 1.32 bits per heavy atom. The number of hydrogen-bond donors (Lipinski definition) is 3. The van der Waals surface area contributed by atoms with Gasteiger partial charge in [0, 0.05) is 5.02 Å². The van der Waals surface area contributed by atoms with Crippen LogP contribution >= 0.6 is 11.6 Å². The molecule has 1 amide bonds. The average Bonchev–Trinajstić information content (AvgIpc) is 2.37. The van der Waals surface area contributed by atoms with Crippen LogP contribution in [0.5, 0.6) is 5.75 Å². The number of hydrogen-bond acceptors (Lipinski definition) is 3. The minimum absolute atomic E-state index is 0.0145. The summed E-state index contributed by atoms with van der Waals surface area (Å²) in [7, 11) is 0. The van der Waals surface area contributed by atoms with Gasteiger partial charge < -0.3 is 16.2 Å². The molecule has 0 aromatic heterocycles. The lowest BCUT2D eigenvalue weighted by atomic mass is 10.1. The number of nitrogen functional groups attached to an aromatic ring is 1. The maximum atomic E-state index is 13.2. The Morgan fingerprint density at radius 2 is 2.05 bits per heavy atom. The lowest BCUT2D eigenvalue weighted by Crippen LogP contribution is -2.14. The number of benzene rings is 2. The van der Waals surface area contributed by atoms with Gasteiger partial charge in [-0.2, -0.15) is 0 Å². The van der Waals surface area contributed by atoms with E-state index >= 15 is 0 Å². The number of amides is 1. The van der Waals surface area contributed by atoms with Gasteiger partial charge in [-0.3, -0.25) is 4.79 Å². The lowest BCUT2D eigenvalue weighted by molar-refractivity contribution is 0.102. The third kappa shape index (κ3) is 2.77. The molecule has 0 aliphatic carbocycles. The molecule has 0 fully saturated rings. The highest BCUT2D eigenvalue weighted by molar-refractivity contribution is 6.31. The van der Waals surface area contributed by atoms with Crippen molar-refractivity contribution in [1.82, 2.24) is 0 Å². The average molecular weight is 281 g/mol. The number of carbonyl (C=O) groups excluding carboxylic acids is 1. The van der Waals surface area contributed by atoms with Crippen LogP contribution < -0.4 is 11.1 Å². The van der Waals surface area contributed by atoms with Gasteiger partial charge in [0.2, 0.25) is 0 Å². The first-order valence-corrected chi connectivity index (χ1v) is 5.70. The summed E-state index contributed by atoms with van der Waals surface area (Å²) >= 11 is 5.76. The van der Waals surface area contributed by atoms with E-state index in [1.165, 1.54) is 30.3 Å². The van der Waals surface area contributed by atoms with E-state index in [0.29, 0.717) is 5.02 Å². The van der Waals surface area contributed by atoms with Crippen molar-refractivity contribution in [3.05, 3.63) is 52.8 Å². The van der Waals surface area contributed by atoms with Crippen molar-refractivity contribution in [2.24, 2.45) is 0 Å². The fourth-order valence-corrected chi connectivity index (χ4v) is 1.71. The van der Waals surface area contributed by atoms with Crippen LogP contribution in [0.4, 0.5) is 15.8 Å². The molecule has 0 saturated heterocycles. The molecule has 2 aromatic rings. The van der Waals surface area contributed by atoms with E-state index in [0.717, 1.165) is 6.07 Å². The Kier molecular flexibility index (Phi) is 3.57. The summed E-state index contributed by atoms with van der Waals surface area (Å²) in [6.07, 6.45) is 0. The number of nitrogens with one attached hydrogen (secondary N) is 1. The molecule has 2 aromatic carbocycles. The zero-order chi connectivity index (χ0) is 14.0. The molecule has 98 valence electrons. The van der Waals surface area contributed by atoms with Gasteiger partial charge in [-0.05, 0) is 30.3 Å². The number of aromatic hydroxyl groups is 1. The van der Waals surface area contributed by atoms with Gasteiger partial charge in [0.1, 0.15) is 11.6 Å². The quantitative estimate of drug-likeness (QED) is 0.585. The Balaban J connectivity index is 2.31. The van der Waals surface area contributed by atoms with Crippen molar-refractivity contribution in [1.29, 1.82) is 0 Å². The van der Waals surface area contributed by atoms with E-state index in [-0.39, 0.29) is 22.7 Å². The zero-order valence-electron chi connectivity index (χ0n) is 9.65. The first-order chi connectivity index (χ1) is 8.99. The largest absolute Gasteiger partial charge is 0.506 e. The van der Waals surface area contributed by atoms with Gasteiger partial charge in [-0.15, -0.1) is 0 Å². The Labute approximate surface area is 113 Å². The van der Waals surface area contributed by atoms with E-state index in [4.69, 9.17) is 17.3 Å². The van der Waals surface area contributed by atoms with Gasteiger partial charge in [0.05, 0.1) is 16.9 Å². The second-order valence-electron chi connectivity index (χ2n) is 3.82. The summed E-state index contributed by atoms with van der Waals surface area (Å²) in [5, 5.41) is 12.3. The summed E-state index contributed by atoms with van der Waals surface area (Å²) in [5.41, 5.74) is 5.34. The predicted octanol–water partition coefficient (Wildman–Crippen LogP) is 3.02. The topological polar surface area (TPSA) is 75.4 Å². The van der Waals surface area contributed by atoms with Crippen LogP contribution in [-0.2, 0) is 0 Å². The Hall–Kier alpha value is -2.27. The fraction of sp³-hybridized carbons (Fsp3) is 0. The fourth-order valence-electron chi connectivity index (χ4n) is 1.53. The molecule has 0 saturated carbocycles. The normalized spacial score (nSPS) is 10.2. The number of anilines is 2. The van der Waals surface area contributed by atoms with E-state index in [9.17, 15) is 14.3 Å². The van der Waals surface area contributed by atoms with Crippen LogP contribution in [0.15, 0.2) is 36.4 Å². The van der Waals surface area contributed by atoms with Crippen LogP contribution in [0.1, 0.15) is 10.4 Å². The maximum absolute atomic E-state index is 13.2. The van der Waals surface area contributed by atoms with Crippen LogP contribution in [0.2, 0.25) is 5.02 Å². The number of phenolic OH excluding ortho intramolecular Hbond substituents is 1. The molecule has 4 nitrogen and oxygen atoms in total. The molecule has 0 heterocycles. The minimum atomic E-state index is -0.678. The number of para-hydroxylation sites is 1. The monoisotopic (exact) mass is 280 g/mol. The van der Waals surface area contributed by atoms with Crippen LogP contribution in [0.3, 0.4) is 0 Å². The summed E-state index contributed by atoms with van der Waals surface area (Å²) < 4.78 is 13.2. The second-order valence-corrected chi connectivity index (χ2v) is 4.25. The lowest BCUT2D eigenvalue weighted by Gasteiger charge is -2.09. The summed E-state index contributed by atoms with van der Waals surface area (Å²) in [6.45, 7) is 0. The molecule has 0 bridgehead atoms. The molecule has 6 heteroatoms. The van der Waals surface area contributed by atoms with Gasteiger partial charge >= 0.3 is 0 Å². The van der Waals surface area contributed by atoms with E-state index < -0.39 is 11.7 Å². The van der Waals surface area contributed by atoms with Gasteiger partial charge in [-0.25, -0.2) is 4.39 Å². The molecular formula is C13H10ClFN2O2. The Bertz CT molecular complexity index is 647. The number of carbonyl (C=O) groups is 1. The highest BCUT2D eigenvalue weighted by Gasteiger charge is 2.14. The number of halogens is 2. The maximum Gasteiger partial charge on any atom is 0.257 e. The van der Waals surface area contributed by atoms with Crippen molar-refractivity contribution in [3.8, 4) is 5.75 Å². The molecule has 4 N–H and O–H groups in total. The van der Waals surface area contributed by atoms with Crippen molar-refractivity contribution in [3.63, 3.8) is 0 Å². The molecule has 0 unspecified atom stereocenters. The van der Waals surface area contributed by atoms with Crippen LogP contribution in [-0.4, -0.2) is 11.0 Å². The highest BCUT2D eigenvalue weighted by Crippen LogP contribution is 2.27. The number of phenols is 1. The van der Waals surface area contributed by atoms with E-state index in [1.54, 1.807) is 0 Å². The second kappa shape index (κ2) is 5.16. The van der Waals surface area contributed by atoms with Crippen molar-refractivity contribution < 1.29 is 14.3 Å². The molecule has 0 aliphatic rings. The summed E-state index contributed by atoms with van der Waals surface area (Å²) in [6, 6.07) is 8.11. The summed E-state index contributed by atoms with van der Waals surface area (Å²) in [4.78, 5) is 11.9. The molecule has 19 heavy (non-hydrogen) atoms. The van der Waals surface area contributed by atoms with Gasteiger partial charge in [0.15, 0.2) is 0 Å². The SMILES string of the molecule is Nc1c(F)cccc1C(=O)Nc1cc(Cl)ccc1O. The highest BCUT2D eigenvalue weighted by atomic mass is 35.5. The molecule has 0 radical (unpaired) electrons. The number of rotatable bonds is 2. The van der Waals surface area contributed by atoms with Crippen molar-refractivity contribution in [2.45, 2.75) is 0 Å². The van der Waals surface area contributed by atoms with Gasteiger partial charge in [-0.1, -0.05) is 17.7 Å². The minimum Gasteiger partial charge on any atom is -0.506 e. The molecule has 0 atom stereocenters. The van der Waals surface area contributed by atoms with Crippen molar-refractivity contribution in [2.75, 3.05) is 11.1 Å². The third-order valence-corrected chi connectivity index (χ3v) is 2.74. The van der Waals surface area contributed by atoms with E-state index in [1.807, 2.05) is 0 Å². The molecular weight excluding hydrogens is 271 g/mol. The standard InChI is InChI=1S/C13H10ClFN2O2/c14-7-4-5-11(18)10(6-7)17-13(19)8-2-1-3-9(15)12(8)16/h1-6,18H,16H2,(H,17,19). The van der Waals surface area contributed by atoms with Crippen LogP contribution in [0, 0.1) is 5.82 Å². The summed E-state index contributed by atoms with van der Waals surface area (Å²) in [5.74, 6) is -1.45. The predicted molar refractivity (Wildman–Crippen MR) is 71.9 cm³/mol. The van der Waals surface area contributed by atoms with Crippen molar-refractivity contribution >= 4 is 28.9 Å². The van der Waals surface area contributed by atoms with E-state index in [2.05, 4.69) is 5.32 Å². The molecule has 2 rings (SSSR count). The van der Waals surface area contributed by atoms with Gasteiger partial charge in [0.25, 0.3) is 5.91 Å². The molecule has 0 aliphatic heterocycles. The third-order valence-electron chi connectivity index (χ3n) is 2.50. The zero-order valence-corrected chi connectivity index (χ0v) is 10.4. The van der Waals surface area contributed by atoms with Crippen LogP contribution in [0.25, 0.3) is 0 Å². The first-order valence-electron chi connectivity index (χ1n) is 5.33. The molecule has 0 spiro atoms. The smallest absolute Gasteiger partial charge is 0.257 e. The first kappa shape index (κ1) is 13.2.